The molecule has 0 saturated carbocycles. The highest BCUT2D eigenvalue weighted by Gasteiger charge is 2.49. The van der Waals surface area contributed by atoms with E-state index in [1.807, 2.05) is 23.1 Å². The predicted octanol–water partition coefficient (Wildman–Crippen LogP) is 2.10. The Labute approximate surface area is 140 Å². The third-order valence-corrected chi connectivity index (χ3v) is 5.39. The van der Waals surface area contributed by atoms with Gasteiger partial charge in [0.1, 0.15) is 0 Å². The molecule has 0 N–H and O–H groups in total. The number of hydrogen-bond donors (Lipinski definition) is 0. The molecule has 3 aliphatic rings. The number of fused-ring (bicyclic) bond motifs is 1. The van der Waals surface area contributed by atoms with E-state index in [-0.39, 0.29) is 11.8 Å². The number of carbonyl (C=O) groups is 2. The van der Waals surface area contributed by atoms with Crippen molar-refractivity contribution in [2.75, 3.05) is 20.8 Å². The van der Waals surface area contributed by atoms with Gasteiger partial charge in [-0.05, 0) is 42.2 Å². The maximum absolute atomic E-state index is 11.6. The Bertz CT molecular complexity index is 777. The molecule has 0 radical (unpaired) electrons. The molecule has 1 atom stereocenters. The first kappa shape index (κ1) is 15.0. The predicted molar refractivity (Wildman–Crippen MR) is 88.3 cm³/mol. The van der Waals surface area contributed by atoms with Gasteiger partial charge < -0.3 is 14.4 Å². The average molecular weight is 325 g/mol. The minimum atomic E-state index is -0.436. The molecule has 2 aliphatic carbocycles. The van der Waals surface area contributed by atoms with Gasteiger partial charge in [-0.2, -0.15) is 0 Å². The summed E-state index contributed by atoms with van der Waals surface area (Å²) < 4.78 is 11.2. The summed E-state index contributed by atoms with van der Waals surface area (Å²) in [5.41, 5.74) is 2.93. The van der Waals surface area contributed by atoms with Gasteiger partial charge in [0.2, 0.25) is 6.41 Å². The molecule has 0 saturated heterocycles. The molecule has 1 aromatic carbocycles. The first-order valence-electron chi connectivity index (χ1n) is 8.05. The Morgan fingerprint density at radius 1 is 1.25 bits per heavy atom. The third kappa shape index (κ3) is 1.87. The van der Waals surface area contributed by atoms with E-state index in [2.05, 4.69) is 0 Å². The van der Waals surface area contributed by atoms with Gasteiger partial charge >= 0.3 is 0 Å². The number of carbonyl (C=O) groups excluding carboxylic acids is 2. The van der Waals surface area contributed by atoms with E-state index in [0.29, 0.717) is 18.0 Å². The highest BCUT2D eigenvalue weighted by atomic mass is 16.5. The van der Waals surface area contributed by atoms with Crippen LogP contribution >= 0.6 is 0 Å². The van der Waals surface area contributed by atoms with Crippen LogP contribution < -0.4 is 9.47 Å². The quantitative estimate of drug-likeness (QED) is 0.799. The fourth-order valence-electron chi connectivity index (χ4n) is 4.33. The van der Waals surface area contributed by atoms with E-state index in [0.717, 1.165) is 30.4 Å². The van der Waals surface area contributed by atoms with Crippen molar-refractivity contribution in [3.05, 3.63) is 47.1 Å². The van der Waals surface area contributed by atoms with E-state index >= 15 is 0 Å². The molecule has 4 rings (SSSR count). The lowest BCUT2D eigenvalue weighted by Crippen LogP contribution is -2.33. The molecule has 0 fully saturated rings. The van der Waals surface area contributed by atoms with E-state index in [9.17, 15) is 9.59 Å². The second-order valence-corrected chi connectivity index (χ2v) is 6.48. The zero-order chi connectivity index (χ0) is 16.9. The lowest BCUT2D eigenvalue weighted by molar-refractivity contribution is -0.120. The van der Waals surface area contributed by atoms with E-state index in [1.165, 1.54) is 5.56 Å². The fourth-order valence-corrected chi connectivity index (χ4v) is 4.33. The van der Waals surface area contributed by atoms with Crippen LogP contribution in [0, 0.1) is 0 Å². The number of allylic oxidation sites excluding steroid dienone is 4. The Morgan fingerprint density at radius 2 is 2.00 bits per heavy atom. The maximum atomic E-state index is 11.6. The average Bonchev–Trinajstić information content (AvgIpc) is 2.94. The van der Waals surface area contributed by atoms with Crippen LogP contribution in [0.5, 0.6) is 11.5 Å². The van der Waals surface area contributed by atoms with Crippen LogP contribution in [0.3, 0.4) is 0 Å². The van der Waals surface area contributed by atoms with E-state index in [1.54, 1.807) is 26.4 Å². The summed E-state index contributed by atoms with van der Waals surface area (Å²) in [5.74, 6) is 1.37. The number of ketones is 1. The summed E-state index contributed by atoms with van der Waals surface area (Å²) >= 11 is 0. The standard InChI is InChI=1S/C19H19NO4/c1-23-15-9-12-5-8-20(11-21)14-10-19(6-3-13(22)4-7-19)17(16(12)14)18(15)24-2/h3-4,6-7,9,11,14H,5,8,10H2,1-2H3. The molecule has 5 nitrogen and oxygen atoms in total. The Balaban J connectivity index is 2.02. The first-order valence-corrected chi connectivity index (χ1v) is 8.05. The largest absolute Gasteiger partial charge is 0.493 e. The lowest BCUT2D eigenvalue weighted by atomic mass is 9.77. The van der Waals surface area contributed by atoms with E-state index < -0.39 is 5.41 Å². The van der Waals surface area contributed by atoms with Gasteiger partial charge in [0.25, 0.3) is 0 Å². The van der Waals surface area contributed by atoms with Gasteiger partial charge in [-0.15, -0.1) is 0 Å². The van der Waals surface area contributed by atoms with Crippen LogP contribution in [0.2, 0.25) is 0 Å². The number of hydrogen-bond acceptors (Lipinski definition) is 4. The summed E-state index contributed by atoms with van der Waals surface area (Å²) in [5, 5.41) is 0. The Kier molecular flexibility index (Phi) is 3.27. The number of nitrogens with zero attached hydrogens (tertiary/aromatic N) is 1. The molecular weight excluding hydrogens is 306 g/mol. The minimum absolute atomic E-state index is 0.00329. The molecule has 0 aromatic heterocycles. The van der Waals surface area contributed by atoms with Crippen molar-refractivity contribution >= 4 is 12.2 Å². The molecule has 1 aliphatic heterocycles. The van der Waals surface area contributed by atoms with Crippen molar-refractivity contribution in [2.45, 2.75) is 24.3 Å². The topological polar surface area (TPSA) is 55.8 Å². The zero-order valence-electron chi connectivity index (χ0n) is 13.7. The zero-order valence-corrected chi connectivity index (χ0v) is 13.7. The number of ether oxygens (including phenoxy) is 2. The van der Waals surface area contributed by atoms with Crippen LogP contribution in [0.4, 0.5) is 0 Å². The van der Waals surface area contributed by atoms with Crippen LogP contribution in [0.1, 0.15) is 29.2 Å². The van der Waals surface area contributed by atoms with Crippen molar-refractivity contribution in [1.29, 1.82) is 0 Å². The number of benzene rings is 1. The fraction of sp³-hybridized carbons (Fsp3) is 0.368. The van der Waals surface area contributed by atoms with Crippen molar-refractivity contribution < 1.29 is 19.1 Å². The maximum Gasteiger partial charge on any atom is 0.210 e. The van der Waals surface area contributed by atoms with Gasteiger partial charge in [0, 0.05) is 17.5 Å². The lowest BCUT2D eigenvalue weighted by Gasteiger charge is -2.32. The summed E-state index contributed by atoms with van der Waals surface area (Å²) in [7, 11) is 3.26. The summed E-state index contributed by atoms with van der Waals surface area (Å²) in [6, 6.07) is 2.02. The van der Waals surface area contributed by atoms with Crippen LogP contribution in [-0.4, -0.2) is 37.9 Å². The van der Waals surface area contributed by atoms with E-state index in [4.69, 9.17) is 9.47 Å². The normalized spacial score (nSPS) is 22.7. The molecule has 5 heteroatoms. The van der Waals surface area contributed by atoms with Gasteiger partial charge in [-0.25, -0.2) is 0 Å². The number of rotatable bonds is 3. The molecule has 1 aromatic rings. The molecule has 1 unspecified atom stereocenters. The van der Waals surface area contributed by atoms with Gasteiger partial charge in [0.15, 0.2) is 17.3 Å². The van der Waals surface area contributed by atoms with Crippen molar-refractivity contribution in [2.24, 2.45) is 0 Å². The Hall–Kier alpha value is -2.56. The second kappa shape index (κ2) is 5.23. The number of methoxy groups -OCH3 is 2. The molecule has 124 valence electrons. The summed E-state index contributed by atoms with van der Waals surface area (Å²) in [6.07, 6.45) is 9.52. The SMILES string of the molecule is COc1cc2c3c(c1OC)C1(C=CC(=O)C=C1)CC3N(C=O)CC2. The highest BCUT2D eigenvalue weighted by Crippen LogP contribution is 2.58. The molecular formula is C19H19NO4. The van der Waals surface area contributed by atoms with Crippen LogP contribution in [0.25, 0.3) is 0 Å². The smallest absolute Gasteiger partial charge is 0.210 e. The first-order chi connectivity index (χ1) is 11.6. The van der Waals surface area contributed by atoms with Crippen molar-refractivity contribution in [3.8, 4) is 11.5 Å². The monoisotopic (exact) mass is 325 g/mol. The molecule has 1 spiro atoms. The second-order valence-electron chi connectivity index (χ2n) is 6.48. The Morgan fingerprint density at radius 3 is 2.62 bits per heavy atom. The van der Waals surface area contributed by atoms with Gasteiger partial charge in [0.05, 0.1) is 20.3 Å². The van der Waals surface area contributed by atoms with Crippen molar-refractivity contribution in [1.82, 2.24) is 4.90 Å². The molecule has 24 heavy (non-hydrogen) atoms. The molecule has 0 bridgehead atoms. The molecule has 1 amide bonds. The third-order valence-electron chi connectivity index (χ3n) is 5.39. The van der Waals surface area contributed by atoms with Crippen molar-refractivity contribution in [3.63, 3.8) is 0 Å². The minimum Gasteiger partial charge on any atom is -0.493 e. The summed E-state index contributed by atoms with van der Waals surface area (Å²) in [6.45, 7) is 0.693. The van der Waals surface area contributed by atoms with Gasteiger partial charge in [-0.1, -0.05) is 12.2 Å². The van der Waals surface area contributed by atoms with Crippen LogP contribution in [-0.2, 0) is 21.4 Å². The van der Waals surface area contributed by atoms with Gasteiger partial charge in [-0.3, -0.25) is 9.59 Å². The number of amides is 1. The molecule has 1 heterocycles. The van der Waals surface area contributed by atoms with Crippen LogP contribution in [0.15, 0.2) is 30.4 Å². The highest BCUT2D eigenvalue weighted by molar-refractivity contribution is 6.01. The summed E-state index contributed by atoms with van der Waals surface area (Å²) in [4.78, 5) is 25.0.